The molecule has 0 aliphatic carbocycles. The number of carbonyl (C=O) groups is 1. The second-order valence-corrected chi connectivity index (χ2v) is 6.98. The van der Waals surface area contributed by atoms with E-state index in [1.165, 1.54) is 38.0 Å². The number of hydrogen-bond donors (Lipinski definition) is 2. The zero-order valence-electron chi connectivity index (χ0n) is 17.9. The smallest absolute Gasteiger partial charge is 0.355 e. The van der Waals surface area contributed by atoms with Gasteiger partial charge in [-0.3, -0.25) is 4.79 Å². The molecule has 31 heavy (non-hydrogen) atoms. The van der Waals surface area contributed by atoms with E-state index >= 15 is 0 Å². The molecule has 0 saturated heterocycles. The molecule has 1 heterocycles. The Morgan fingerprint density at radius 2 is 1.68 bits per heavy atom. The number of nitrogens with zero attached hydrogens (tertiary/aromatic N) is 1. The van der Waals surface area contributed by atoms with Gasteiger partial charge in [0, 0.05) is 24.3 Å². The Morgan fingerprint density at radius 3 is 2.23 bits per heavy atom. The molecular formula is C23H25NO7. The minimum atomic E-state index is -0.696. The monoisotopic (exact) mass is 427 g/mol. The maximum absolute atomic E-state index is 13.2. The fourth-order valence-electron chi connectivity index (χ4n) is 3.71. The number of carbonyl (C=O) groups excluding carboxylic acids is 1. The first-order valence-electron chi connectivity index (χ1n) is 9.69. The highest BCUT2D eigenvalue weighted by molar-refractivity contribution is 6.07. The van der Waals surface area contributed by atoms with Crippen molar-refractivity contribution in [1.82, 2.24) is 4.57 Å². The van der Waals surface area contributed by atoms with E-state index in [0.717, 1.165) is 5.56 Å². The van der Waals surface area contributed by atoms with Crippen LogP contribution >= 0.6 is 0 Å². The van der Waals surface area contributed by atoms with Crippen LogP contribution in [0.15, 0.2) is 35.1 Å². The van der Waals surface area contributed by atoms with Gasteiger partial charge in [-0.2, -0.15) is 0 Å². The Balaban J connectivity index is 2.54. The van der Waals surface area contributed by atoms with Crippen LogP contribution in [0.4, 0.5) is 0 Å². The molecule has 3 aromatic rings. The summed E-state index contributed by atoms with van der Waals surface area (Å²) in [5, 5.41) is 20.0. The van der Waals surface area contributed by atoms with Crippen molar-refractivity contribution < 1.29 is 29.2 Å². The summed E-state index contributed by atoms with van der Waals surface area (Å²) in [7, 11) is 4.31. The van der Waals surface area contributed by atoms with Gasteiger partial charge in [-0.1, -0.05) is 0 Å². The van der Waals surface area contributed by atoms with E-state index in [4.69, 9.17) is 14.2 Å². The SMILES string of the molecule is COC(=O)c1c(-c2cc(OC)c(C)c(OC)c2)c2ccc(O)cc2c(=O)n1CCCO. The van der Waals surface area contributed by atoms with E-state index in [1.807, 2.05) is 6.92 Å². The molecule has 0 fully saturated rings. The molecule has 0 spiro atoms. The van der Waals surface area contributed by atoms with Crippen LogP contribution in [-0.2, 0) is 11.3 Å². The maximum Gasteiger partial charge on any atom is 0.355 e. The Kier molecular flexibility index (Phi) is 6.50. The Labute approximate surface area is 179 Å². The molecule has 0 radical (unpaired) electrons. The fourth-order valence-corrected chi connectivity index (χ4v) is 3.71. The predicted molar refractivity (Wildman–Crippen MR) is 116 cm³/mol. The molecule has 0 saturated carbocycles. The molecule has 2 N–H and O–H groups in total. The number of fused-ring (bicyclic) bond motifs is 1. The van der Waals surface area contributed by atoms with Crippen molar-refractivity contribution in [2.45, 2.75) is 19.9 Å². The van der Waals surface area contributed by atoms with Crippen LogP contribution < -0.4 is 15.0 Å². The summed E-state index contributed by atoms with van der Waals surface area (Å²) in [4.78, 5) is 26.1. The summed E-state index contributed by atoms with van der Waals surface area (Å²) in [5.41, 5.74) is 1.38. The van der Waals surface area contributed by atoms with E-state index in [1.54, 1.807) is 18.2 Å². The second-order valence-electron chi connectivity index (χ2n) is 6.98. The van der Waals surface area contributed by atoms with E-state index in [-0.39, 0.29) is 36.4 Å². The summed E-state index contributed by atoms with van der Waals surface area (Å²) in [6.45, 7) is 1.78. The molecule has 0 aliphatic rings. The number of aliphatic hydroxyl groups excluding tert-OH is 1. The van der Waals surface area contributed by atoms with Gasteiger partial charge in [-0.15, -0.1) is 0 Å². The number of ether oxygens (including phenoxy) is 3. The van der Waals surface area contributed by atoms with Crippen LogP contribution in [-0.4, -0.2) is 48.7 Å². The molecule has 8 nitrogen and oxygen atoms in total. The Morgan fingerprint density at radius 1 is 1.03 bits per heavy atom. The Hall–Kier alpha value is -3.52. The highest BCUT2D eigenvalue weighted by Gasteiger charge is 2.25. The normalized spacial score (nSPS) is 10.9. The fraction of sp³-hybridized carbons (Fsp3) is 0.304. The zero-order valence-corrected chi connectivity index (χ0v) is 17.9. The van der Waals surface area contributed by atoms with Gasteiger partial charge in [0.2, 0.25) is 0 Å². The van der Waals surface area contributed by atoms with Crippen LogP contribution in [0.2, 0.25) is 0 Å². The second kappa shape index (κ2) is 9.09. The van der Waals surface area contributed by atoms with Gasteiger partial charge in [0.15, 0.2) is 0 Å². The molecular weight excluding hydrogens is 402 g/mol. The number of aliphatic hydroxyl groups is 1. The topological polar surface area (TPSA) is 107 Å². The predicted octanol–water partition coefficient (Wildman–Crippen LogP) is 2.87. The molecule has 2 aromatic carbocycles. The number of methoxy groups -OCH3 is 3. The number of esters is 1. The van der Waals surface area contributed by atoms with Gasteiger partial charge < -0.3 is 29.0 Å². The average molecular weight is 427 g/mol. The number of aromatic nitrogens is 1. The molecule has 0 aliphatic heterocycles. The van der Waals surface area contributed by atoms with Crippen LogP contribution in [0.25, 0.3) is 21.9 Å². The molecule has 0 atom stereocenters. The van der Waals surface area contributed by atoms with E-state index in [9.17, 15) is 19.8 Å². The van der Waals surface area contributed by atoms with Crippen molar-refractivity contribution in [2.75, 3.05) is 27.9 Å². The largest absolute Gasteiger partial charge is 0.508 e. The third-order valence-electron chi connectivity index (χ3n) is 5.21. The van der Waals surface area contributed by atoms with Gasteiger partial charge in [-0.05, 0) is 54.6 Å². The van der Waals surface area contributed by atoms with Crippen LogP contribution in [0.3, 0.4) is 0 Å². The van der Waals surface area contributed by atoms with Crippen LogP contribution in [0.5, 0.6) is 17.2 Å². The lowest BCUT2D eigenvalue weighted by Crippen LogP contribution is -2.28. The van der Waals surface area contributed by atoms with Crippen molar-refractivity contribution in [3.63, 3.8) is 0 Å². The van der Waals surface area contributed by atoms with Gasteiger partial charge >= 0.3 is 5.97 Å². The highest BCUT2D eigenvalue weighted by atomic mass is 16.5. The number of pyridine rings is 1. The lowest BCUT2D eigenvalue weighted by atomic mass is 9.94. The molecule has 3 rings (SSSR count). The third-order valence-corrected chi connectivity index (χ3v) is 5.21. The lowest BCUT2D eigenvalue weighted by Gasteiger charge is -2.20. The standard InChI is InChI=1S/C23H25NO7/c1-13-18(29-2)10-14(11-19(13)30-3)20-16-7-6-15(26)12-17(16)22(27)24(8-5-9-25)21(20)23(28)31-4/h6-7,10-12,25-26H,5,8-9H2,1-4H3. The first-order valence-corrected chi connectivity index (χ1v) is 9.69. The quantitative estimate of drug-likeness (QED) is 0.558. The number of benzene rings is 2. The number of phenolic OH excluding ortho intramolecular Hbond substituents is 1. The van der Waals surface area contributed by atoms with Crippen molar-refractivity contribution in [3.8, 4) is 28.4 Å². The third kappa shape index (κ3) is 3.94. The van der Waals surface area contributed by atoms with Gasteiger partial charge in [0.25, 0.3) is 5.56 Å². The molecule has 0 unspecified atom stereocenters. The zero-order chi connectivity index (χ0) is 22.7. The summed E-state index contributed by atoms with van der Waals surface area (Å²) in [6, 6.07) is 7.91. The van der Waals surface area contributed by atoms with Crippen molar-refractivity contribution >= 4 is 16.7 Å². The van der Waals surface area contributed by atoms with Crippen LogP contribution in [0.1, 0.15) is 22.5 Å². The molecule has 8 heteroatoms. The molecule has 1 aromatic heterocycles. The summed E-state index contributed by atoms with van der Waals surface area (Å²) in [6.07, 6.45) is 0.258. The summed E-state index contributed by atoms with van der Waals surface area (Å²) < 4.78 is 17.3. The van der Waals surface area contributed by atoms with Crippen molar-refractivity contribution in [3.05, 3.63) is 51.9 Å². The van der Waals surface area contributed by atoms with Gasteiger partial charge in [-0.25, -0.2) is 4.79 Å². The average Bonchev–Trinajstić information content (AvgIpc) is 2.78. The van der Waals surface area contributed by atoms with Gasteiger partial charge in [0.05, 0.1) is 26.7 Å². The van der Waals surface area contributed by atoms with E-state index in [2.05, 4.69) is 0 Å². The van der Waals surface area contributed by atoms with E-state index in [0.29, 0.717) is 28.0 Å². The maximum atomic E-state index is 13.2. The molecule has 164 valence electrons. The van der Waals surface area contributed by atoms with Crippen LogP contribution in [0, 0.1) is 6.92 Å². The number of aromatic hydroxyl groups is 1. The van der Waals surface area contributed by atoms with E-state index < -0.39 is 11.5 Å². The van der Waals surface area contributed by atoms with Gasteiger partial charge in [0.1, 0.15) is 22.9 Å². The lowest BCUT2D eigenvalue weighted by molar-refractivity contribution is 0.0587. The number of rotatable bonds is 7. The summed E-state index contributed by atoms with van der Waals surface area (Å²) >= 11 is 0. The number of hydrogen-bond acceptors (Lipinski definition) is 7. The first-order chi connectivity index (χ1) is 14.9. The molecule has 0 bridgehead atoms. The first kappa shape index (κ1) is 22.2. The number of phenols is 1. The summed E-state index contributed by atoms with van der Waals surface area (Å²) in [5.74, 6) is 0.322. The van der Waals surface area contributed by atoms with Crippen molar-refractivity contribution in [2.24, 2.45) is 0 Å². The molecule has 0 amide bonds. The Bertz CT molecular complexity index is 1170. The minimum Gasteiger partial charge on any atom is -0.508 e. The highest BCUT2D eigenvalue weighted by Crippen LogP contribution is 2.39. The van der Waals surface area contributed by atoms with Crippen molar-refractivity contribution in [1.29, 1.82) is 0 Å². The minimum absolute atomic E-state index is 0.0482.